The molecule has 1 atom stereocenters. The molecule has 0 saturated heterocycles. The summed E-state index contributed by atoms with van der Waals surface area (Å²) in [6, 6.07) is 7.17. The number of ether oxygens (including phenoxy) is 1. The molecule has 1 fully saturated rings. The van der Waals surface area contributed by atoms with Gasteiger partial charge in [0.05, 0.1) is 11.9 Å². The average Bonchev–Trinajstić information content (AvgIpc) is 2.75. The largest absolute Gasteiger partial charge is 0.478 e. The molecule has 2 aliphatic rings. The molecule has 1 heterocycles. The van der Waals surface area contributed by atoms with Crippen molar-refractivity contribution in [3.63, 3.8) is 0 Å². The molecule has 1 aliphatic carbocycles. The van der Waals surface area contributed by atoms with Crippen LogP contribution in [0.15, 0.2) is 24.3 Å². The van der Waals surface area contributed by atoms with E-state index < -0.39 is 16.1 Å². The SMILES string of the molecule is CS(=O)(=O)N1CC[C@@H](C(=O)NC2CCCCC2)Oc2ccccc21. The molecular formula is C17H24N2O4S. The number of hydrogen-bond acceptors (Lipinski definition) is 4. The Labute approximate surface area is 143 Å². The predicted octanol–water partition coefficient (Wildman–Crippen LogP) is 2.05. The Hall–Kier alpha value is -1.76. The number of para-hydroxylation sites is 2. The zero-order valence-electron chi connectivity index (χ0n) is 13.9. The number of hydrogen-bond donors (Lipinski definition) is 1. The number of carbonyl (C=O) groups is 1. The van der Waals surface area contributed by atoms with Crippen LogP contribution in [0.2, 0.25) is 0 Å². The number of sulfonamides is 1. The zero-order chi connectivity index (χ0) is 17.2. The summed E-state index contributed by atoms with van der Waals surface area (Å²) in [4.78, 5) is 12.6. The number of anilines is 1. The van der Waals surface area contributed by atoms with Crippen molar-refractivity contribution in [3.05, 3.63) is 24.3 Å². The van der Waals surface area contributed by atoms with Gasteiger partial charge in [-0.2, -0.15) is 0 Å². The quantitative estimate of drug-likeness (QED) is 0.903. The molecule has 0 unspecified atom stereocenters. The molecule has 0 radical (unpaired) electrons. The fourth-order valence-corrected chi connectivity index (χ4v) is 4.35. The normalized spacial score (nSPS) is 22.2. The van der Waals surface area contributed by atoms with Crippen molar-refractivity contribution in [2.24, 2.45) is 0 Å². The van der Waals surface area contributed by atoms with Crippen molar-refractivity contribution in [1.82, 2.24) is 5.32 Å². The van der Waals surface area contributed by atoms with Gasteiger partial charge in [0.1, 0.15) is 5.75 Å². The van der Waals surface area contributed by atoms with E-state index in [4.69, 9.17) is 4.74 Å². The van der Waals surface area contributed by atoms with Gasteiger partial charge in [-0.1, -0.05) is 31.4 Å². The molecule has 1 N–H and O–H groups in total. The second-order valence-corrected chi connectivity index (χ2v) is 8.45. The third kappa shape index (κ3) is 3.83. The fourth-order valence-electron chi connectivity index (χ4n) is 3.40. The molecule has 6 nitrogen and oxygen atoms in total. The monoisotopic (exact) mass is 352 g/mol. The summed E-state index contributed by atoms with van der Waals surface area (Å²) in [5.74, 6) is 0.288. The third-order valence-electron chi connectivity index (χ3n) is 4.64. The smallest absolute Gasteiger partial charge is 0.261 e. The lowest BCUT2D eigenvalue weighted by Gasteiger charge is -2.25. The first-order valence-corrected chi connectivity index (χ1v) is 10.3. The van der Waals surface area contributed by atoms with Crippen molar-refractivity contribution in [2.75, 3.05) is 17.1 Å². The summed E-state index contributed by atoms with van der Waals surface area (Å²) in [6.45, 7) is 0.235. The Bertz CT molecular complexity index is 698. The van der Waals surface area contributed by atoms with Crippen LogP contribution in [0.1, 0.15) is 38.5 Å². The summed E-state index contributed by atoms with van der Waals surface area (Å²) < 4.78 is 31.3. The number of nitrogens with zero attached hydrogens (tertiary/aromatic N) is 1. The third-order valence-corrected chi connectivity index (χ3v) is 5.82. The first kappa shape index (κ1) is 17.1. The summed E-state index contributed by atoms with van der Waals surface area (Å²) in [5.41, 5.74) is 0.493. The van der Waals surface area contributed by atoms with Crippen molar-refractivity contribution in [2.45, 2.75) is 50.7 Å². The molecule has 0 bridgehead atoms. The van der Waals surface area contributed by atoms with Crippen LogP contribution < -0.4 is 14.4 Å². The summed E-state index contributed by atoms with van der Waals surface area (Å²) >= 11 is 0. The molecule has 24 heavy (non-hydrogen) atoms. The van der Waals surface area contributed by atoms with Crippen LogP contribution in [0.4, 0.5) is 5.69 Å². The molecular weight excluding hydrogens is 328 g/mol. The van der Waals surface area contributed by atoms with E-state index in [9.17, 15) is 13.2 Å². The Kier molecular flexibility index (Phi) is 4.99. The Balaban J connectivity index is 1.77. The minimum absolute atomic E-state index is 0.146. The first-order valence-electron chi connectivity index (χ1n) is 8.49. The molecule has 1 aliphatic heterocycles. The van der Waals surface area contributed by atoms with Crippen LogP contribution >= 0.6 is 0 Å². The van der Waals surface area contributed by atoms with Gasteiger partial charge in [-0.05, 0) is 25.0 Å². The van der Waals surface area contributed by atoms with Gasteiger partial charge in [-0.3, -0.25) is 9.10 Å². The molecule has 1 aromatic rings. The molecule has 0 aromatic heterocycles. The zero-order valence-corrected chi connectivity index (χ0v) is 14.7. The van der Waals surface area contributed by atoms with E-state index in [1.807, 2.05) is 0 Å². The standard InChI is InChI=1S/C17H24N2O4S/c1-24(21,22)19-12-11-16(23-15-10-6-5-9-14(15)19)17(20)18-13-7-3-2-4-8-13/h5-6,9-10,13,16H,2-4,7-8,11-12H2,1H3,(H,18,20)/t16-/m0/s1. The highest BCUT2D eigenvalue weighted by Gasteiger charge is 2.31. The number of benzene rings is 1. The van der Waals surface area contributed by atoms with Crippen molar-refractivity contribution >= 4 is 21.6 Å². The minimum Gasteiger partial charge on any atom is -0.478 e. The van der Waals surface area contributed by atoms with E-state index >= 15 is 0 Å². The van der Waals surface area contributed by atoms with Crippen molar-refractivity contribution in [1.29, 1.82) is 0 Å². The molecule has 1 amide bonds. The lowest BCUT2D eigenvalue weighted by atomic mass is 9.95. The maximum atomic E-state index is 12.6. The second-order valence-electron chi connectivity index (χ2n) is 6.54. The topological polar surface area (TPSA) is 75.7 Å². The van der Waals surface area contributed by atoms with E-state index in [0.29, 0.717) is 17.9 Å². The van der Waals surface area contributed by atoms with Gasteiger partial charge in [0.25, 0.3) is 5.91 Å². The molecule has 3 rings (SSSR count). The van der Waals surface area contributed by atoms with Crippen LogP contribution in [0.25, 0.3) is 0 Å². The molecule has 132 valence electrons. The van der Waals surface area contributed by atoms with Gasteiger partial charge in [-0.25, -0.2) is 8.42 Å². The Morgan fingerprint density at radius 1 is 1.17 bits per heavy atom. The maximum absolute atomic E-state index is 12.6. The summed E-state index contributed by atoms with van der Waals surface area (Å²) in [7, 11) is -3.42. The van der Waals surface area contributed by atoms with Gasteiger partial charge in [0.15, 0.2) is 6.10 Å². The van der Waals surface area contributed by atoms with E-state index in [1.54, 1.807) is 24.3 Å². The van der Waals surface area contributed by atoms with E-state index in [0.717, 1.165) is 25.7 Å². The number of fused-ring (bicyclic) bond motifs is 1. The van der Waals surface area contributed by atoms with Crippen LogP contribution in [-0.4, -0.2) is 39.3 Å². The van der Waals surface area contributed by atoms with Crippen LogP contribution in [0.5, 0.6) is 5.75 Å². The highest BCUT2D eigenvalue weighted by molar-refractivity contribution is 7.92. The van der Waals surface area contributed by atoms with E-state index in [1.165, 1.54) is 17.0 Å². The van der Waals surface area contributed by atoms with E-state index in [2.05, 4.69) is 5.32 Å². The average molecular weight is 352 g/mol. The van der Waals surface area contributed by atoms with Gasteiger partial charge in [0.2, 0.25) is 10.0 Å². The van der Waals surface area contributed by atoms with Crippen molar-refractivity contribution < 1.29 is 17.9 Å². The number of rotatable bonds is 3. The van der Waals surface area contributed by atoms with Gasteiger partial charge < -0.3 is 10.1 Å². The van der Waals surface area contributed by atoms with Gasteiger partial charge in [-0.15, -0.1) is 0 Å². The predicted molar refractivity (Wildman–Crippen MR) is 92.7 cm³/mol. The Morgan fingerprint density at radius 2 is 1.88 bits per heavy atom. The molecule has 7 heteroatoms. The van der Waals surface area contributed by atoms with Crippen LogP contribution in [0.3, 0.4) is 0 Å². The summed E-state index contributed by atoms with van der Waals surface area (Å²) in [5, 5.41) is 3.07. The highest BCUT2D eigenvalue weighted by atomic mass is 32.2. The molecule has 1 saturated carbocycles. The van der Waals surface area contributed by atoms with Crippen LogP contribution in [-0.2, 0) is 14.8 Å². The molecule has 0 spiro atoms. The van der Waals surface area contributed by atoms with E-state index in [-0.39, 0.29) is 18.5 Å². The van der Waals surface area contributed by atoms with Crippen molar-refractivity contribution in [3.8, 4) is 5.75 Å². The van der Waals surface area contributed by atoms with Gasteiger partial charge in [0, 0.05) is 19.0 Å². The number of nitrogens with one attached hydrogen (secondary N) is 1. The highest BCUT2D eigenvalue weighted by Crippen LogP contribution is 2.33. The first-order chi connectivity index (χ1) is 11.4. The number of amides is 1. The lowest BCUT2D eigenvalue weighted by Crippen LogP contribution is -2.45. The molecule has 1 aromatic carbocycles. The number of carbonyl (C=O) groups excluding carboxylic acids is 1. The second kappa shape index (κ2) is 7.01. The lowest BCUT2D eigenvalue weighted by molar-refractivity contribution is -0.129. The fraction of sp³-hybridized carbons (Fsp3) is 0.588. The maximum Gasteiger partial charge on any atom is 0.261 e. The van der Waals surface area contributed by atoms with Crippen LogP contribution in [0, 0.1) is 0 Å². The minimum atomic E-state index is -3.42. The summed E-state index contributed by atoms with van der Waals surface area (Å²) in [6.07, 6.45) is 6.35. The van der Waals surface area contributed by atoms with Gasteiger partial charge >= 0.3 is 0 Å². The Morgan fingerprint density at radius 3 is 2.58 bits per heavy atom.